The third kappa shape index (κ3) is 3.66. The molecule has 18 heteroatoms. The molecule has 0 aliphatic carbocycles. The fourth-order valence-electron chi connectivity index (χ4n) is 1.46. The van der Waals surface area contributed by atoms with Crippen LogP contribution in [0.1, 0.15) is 0 Å². The molecule has 0 rings (SSSR count). The second-order valence-electron chi connectivity index (χ2n) is 5.04. The summed E-state index contributed by atoms with van der Waals surface area (Å²) < 4.78 is 226. The van der Waals surface area contributed by atoms with E-state index in [0.717, 1.165) is 0 Å². The molecule has 0 aromatic carbocycles. The molecule has 0 aromatic rings. The number of hydrogen-bond acceptors (Lipinski definition) is 0. The Morgan fingerprint density at radius 1 is 0.393 bits per heavy atom. The quantitative estimate of drug-likeness (QED) is 0.385. The first-order chi connectivity index (χ1) is 11.9. The molecule has 0 radical (unpaired) electrons. The minimum atomic E-state index is -8.44. The third-order valence-electron chi connectivity index (χ3n) is 3.13. The molecule has 0 aliphatic heterocycles. The van der Waals surface area contributed by atoms with Crippen LogP contribution in [0.4, 0.5) is 79.0 Å². The lowest BCUT2D eigenvalue weighted by Crippen LogP contribution is -2.72. The van der Waals surface area contributed by atoms with Crippen molar-refractivity contribution >= 4 is 0 Å². The Hall–Kier alpha value is -1.26. The summed E-state index contributed by atoms with van der Waals surface area (Å²) >= 11 is 0. The van der Waals surface area contributed by atoms with Crippen LogP contribution in [0.2, 0.25) is 0 Å². The average molecular weight is 466 g/mol. The standard InChI is InChI=1S/C10H4F18/c11-1(2(12)4(14)15)3(13)5(16,17)6(18,19)7(20,21)8(22,23)9(24,25)10(26,27)28/h1-4H. The van der Waals surface area contributed by atoms with E-state index < -0.39 is 60.7 Å². The predicted octanol–water partition coefficient (Wildman–Crippen LogP) is 6.00. The first-order valence-corrected chi connectivity index (χ1v) is 6.09. The van der Waals surface area contributed by atoms with Gasteiger partial charge in [0.25, 0.3) is 6.43 Å². The highest BCUT2D eigenvalue weighted by molar-refractivity contribution is 5.12. The van der Waals surface area contributed by atoms with Gasteiger partial charge in [-0.2, -0.15) is 57.1 Å². The van der Waals surface area contributed by atoms with E-state index in [2.05, 4.69) is 0 Å². The summed E-state index contributed by atoms with van der Waals surface area (Å²) in [4.78, 5) is 0. The van der Waals surface area contributed by atoms with Crippen LogP contribution in [0.3, 0.4) is 0 Å². The molecule has 0 spiro atoms. The summed E-state index contributed by atoms with van der Waals surface area (Å²) in [5.41, 5.74) is 0. The summed E-state index contributed by atoms with van der Waals surface area (Å²) in [6, 6.07) is 0. The van der Waals surface area contributed by atoms with Crippen molar-refractivity contribution < 1.29 is 79.0 Å². The highest BCUT2D eigenvalue weighted by Crippen LogP contribution is 2.61. The van der Waals surface area contributed by atoms with E-state index in [0.29, 0.717) is 0 Å². The first kappa shape index (κ1) is 26.7. The molecule has 3 unspecified atom stereocenters. The zero-order valence-electron chi connectivity index (χ0n) is 12.1. The Morgan fingerprint density at radius 3 is 1.00 bits per heavy atom. The van der Waals surface area contributed by atoms with Gasteiger partial charge in [-0.1, -0.05) is 0 Å². The van der Waals surface area contributed by atoms with Gasteiger partial charge in [-0.15, -0.1) is 0 Å². The van der Waals surface area contributed by atoms with E-state index in [1.165, 1.54) is 0 Å². The summed E-state index contributed by atoms with van der Waals surface area (Å²) in [5, 5.41) is 0. The Balaban J connectivity index is 6.32. The SMILES string of the molecule is FC(F)C(F)C(F)C(F)C(F)(F)C(F)(F)C(F)(F)C(F)(F)C(F)(F)C(F)(F)F. The molecule has 0 fully saturated rings. The first-order valence-electron chi connectivity index (χ1n) is 6.09. The second kappa shape index (κ2) is 7.21. The Kier molecular flexibility index (Phi) is 6.89. The molecule has 0 bridgehead atoms. The van der Waals surface area contributed by atoms with Gasteiger partial charge in [-0.3, -0.25) is 0 Å². The van der Waals surface area contributed by atoms with Crippen LogP contribution < -0.4 is 0 Å². The van der Waals surface area contributed by atoms with Gasteiger partial charge in [0.05, 0.1) is 0 Å². The molecule has 0 amide bonds. The fraction of sp³-hybridized carbons (Fsp3) is 1.00. The zero-order chi connectivity index (χ0) is 23.3. The normalized spacial score (nSPS) is 19.0. The molecule has 0 N–H and O–H groups in total. The van der Waals surface area contributed by atoms with Crippen LogP contribution in [-0.4, -0.2) is 60.7 Å². The fourth-order valence-corrected chi connectivity index (χ4v) is 1.46. The van der Waals surface area contributed by atoms with Crippen molar-refractivity contribution in [2.75, 3.05) is 0 Å². The topological polar surface area (TPSA) is 0 Å². The van der Waals surface area contributed by atoms with E-state index >= 15 is 0 Å². The van der Waals surface area contributed by atoms with Gasteiger partial charge in [0.2, 0.25) is 6.17 Å². The third-order valence-corrected chi connectivity index (χ3v) is 3.13. The van der Waals surface area contributed by atoms with Gasteiger partial charge in [-0.05, 0) is 0 Å². The molecule has 0 saturated heterocycles. The maximum atomic E-state index is 13.1. The number of rotatable bonds is 8. The van der Waals surface area contributed by atoms with Gasteiger partial charge < -0.3 is 0 Å². The molecule has 0 heterocycles. The molecule has 0 nitrogen and oxygen atoms in total. The van der Waals surface area contributed by atoms with E-state index in [1.807, 2.05) is 0 Å². The van der Waals surface area contributed by atoms with Gasteiger partial charge >= 0.3 is 35.8 Å². The lowest BCUT2D eigenvalue weighted by Gasteiger charge is -2.40. The van der Waals surface area contributed by atoms with Crippen molar-refractivity contribution in [3.63, 3.8) is 0 Å². The molecule has 170 valence electrons. The Morgan fingerprint density at radius 2 is 0.714 bits per heavy atom. The van der Waals surface area contributed by atoms with Gasteiger partial charge in [-0.25, -0.2) is 22.0 Å². The highest BCUT2D eigenvalue weighted by Gasteiger charge is 2.91. The van der Waals surface area contributed by atoms with E-state index in [9.17, 15) is 79.0 Å². The van der Waals surface area contributed by atoms with Crippen molar-refractivity contribution in [3.05, 3.63) is 0 Å². The van der Waals surface area contributed by atoms with Gasteiger partial charge in [0.1, 0.15) is 0 Å². The number of halogens is 18. The van der Waals surface area contributed by atoms with Gasteiger partial charge in [0, 0.05) is 0 Å². The van der Waals surface area contributed by atoms with Crippen LogP contribution in [0.25, 0.3) is 0 Å². The Bertz CT molecular complexity index is 531. The van der Waals surface area contributed by atoms with Crippen molar-refractivity contribution in [1.29, 1.82) is 0 Å². The van der Waals surface area contributed by atoms with E-state index in [-0.39, 0.29) is 0 Å². The van der Waals surface area contributed by atoms with Crippen molar-refractivity contribution in [2.24, 2.45) is 0 Å². The van der Waals surface area contributed by atoms with Crippen molar-refractivity contribution in [2.45, 2.75) is 60.7 Å². The summed E-state index contributed by atoms with van der Waals surface area (Å²) in [6.45, 7) is 0. The maximum absolute atomic E-state index is 13.1. The minimum Gasteiger partial charge on any atom is -0.241 e. The molecule has 3 atom stereocenters. The zero-order valence-corrected chi connectivity index (χ0v) is 12.1. The summed E-state index contributed by atoms with van der Waals surface area (Å²) in [6.07, 6.45) is -28.0. The largest absolute Gasteiger partial charge is 0.460 e. The molecule has 0 saturated carbocycles. The van der Waals surface area contributed by atoms with Crippen LogP contribution in [0.5, 0.6) is 0 Å². The summed E-state index contributed by atoms with van der Waals surface area (Å²) in [5.74, 6) is -40.8. The molecular formula is C10H4F18. The average Bonchev–Trinajstić information content (AvgIpc) is 2.50. The number of alkyl halides is 18. The van der Waals surface area contributed by atoms with Crippen LogP contribution >= 0.6 is 0 Å². The van der Waals surface area contributed by atoms with Crippen LogP contribution in [-0.2, 0) is 0 Å². The van der Waals surface area contributed by atoms with Crippen molar-refractivity contribution in [3.8, 4) is 0 Å². The minimum absolute atomic E-state index is 4.71. The Labute approximate surface area is 141 Å². The highest BCUT2D eigenvalue weighted by atomic mass is 19.4. The molecule has 0 aliphatic rings. The summed E-state index contributed by atoms with van der Waals surface area (Å²) in [7, 11) is 0. The molecular weight excluding hydrogens is 462 g/mol. The maximum Gasteiger partial charge on any atom is 0.460 e. The van der Waals surface area contributed by atoms with Crippen LogP contribution in [0, 0.1) is 0 Å². The number of hydrogen-bond donors (Lipinski definition) is 0. The second-order valence-corrected chi connectivity index (χ2v) is 5.04. The van der Waals surface area contributed by atoms with E-state index in [1.54, 1.807) is 0 Å². The van der Waals surface area contributed by atoms with Crippen LogP contribution in [0.15, 0.2) is 0 Å². The molecule has 0 aromatic heterocycles. The smallest absolute Gasteiger partial charge is 0.241 e. The van der Waals surface area contributed by atoms with E-state index in [4.69, 9.17) is 0 Å². The lowest BCUT2D eigenvalue weighted by atomic mass is 9.90. The predicted molar refractivity (Wildman–Crippen MR) is 51.5 cm³/mol. The van der Waals surface area contributed by atoms with Crippen molar-refractivity contribution in [1.82, 2.24) is 0 Å². The van der Waals surface area contributed by atoms with Gasteiger partial charge in [0.15, 0.2) is 12.3 Å². The monoisotopic (exact) mass is 466 g/mol. The molecule has 28 heavy (non-hydrogen) atoms. The lowest BCUT2D eigenvalue weighted by molar-refractivity contribution is -0.444.